The van der Waals surface area contributed by atoms with E-state index >= 15 is 0 Å². The van der Waals surface area contributed by atoms with Crippen LogP contribution in [-0.2, 0) is 13.6 Å². The average Bonchev–Trinajstić information content (AvgIpc) is 3.56. The third-order valence-electron chi connectivity index (χ3n) is 5.88. The number of hydrazine groups is 2. The molecule has 1 aliphatic rings. The van der Waals surface area contributed by atoms with Crippen molar-refractivity contribution < 1.29 is 14.0 Å². The molecule has 0 saturated carbocycles. The van der Waals surface area contributed by atoms with Crippen LogP contribution in [0.5, 0.6) is 0 Å². The van der Waals surface area contributed by atoms with Gasteiger partial charge in [-0.05, 0) is 30.2 Å². The second kappa shape index (κ2) is 9.91. The van der Waals surface area contributed by atoms with Crippen molar-refractivity contribution in [3.05, 3.63) is 93.5 Å². The van der Waals surface area contributed by atoms with Crippen molar-refractivity contribution in [1.82, 2.24) is 41.7 Å². The number of oxazole rings is 1. The van der Waals surface area contributed by atoms with Crippen LogP contribution < -0.4 is 32.9 Å². The maximum Gasteiger partial charge on any atom is 0.419 e. The molecule has 0 unspecified atom stereocenters. The molecule has 13 heteroatoms. The van der Waals surface area contributed by atoms with E-state index < -0.39 is 17.6 Å². The first kappa shape index (κ1) is 23.7. The number of carbonyl (C=O) groups excluding carboxylic acids is 2. The molecule has 0 saturated heterocycles. The fourth-order valence-corrected chi connectivity index (χ4v) is 3.78. The van der Waals surface area contributed by atoms with Gasteiger partial charge in [0.25, 0.3) is 11.8 Å². The number of fused-ring (bicyclic) bond motifs is 1. The van der Waals surface area contributed by atoms with E-state index in [1.807, 2.05) is 31.2 Å². The van der Waals surface area contributed by atoms with Gasteiger partial charge in [0.1, 0.15) is 17.7 Å². The number of rotatable bonds is 7. The first-order valence-corrected chi connectivity index (χ1v) is 11.3. The zero-order valence-corrected chi connectivity index (χ0v) is 19.9. The molecular formula is C24H23N9O4. The molecule has 1 atom stereocenters. The molecule has 2 aromatic carbocycles. The maximum absolute atomic E-state index is 12.8. The first-order chi connectivity index (χ1) is 17.9. The van der Waals surface area contributed by atoms with E-state index in [2.05, 4.69) is 42.2 Å². The van der Waals surface area contributed by atoms with E-state index in [-0.39, 0.29) is 24.0 Å². The summed E-state index contributed by atoms with van der Waals surface area (Å²) in [5.41, 5.74) is 11.9. The lowest BCUT2D eigenvalue weighted by Crippen LogP contribution is -2.35. The number of aryl methyl sites for hydroxylation is 1. The van der Waals surface area contributed by atoms with Crippen LogP contribution in [-0.4, -0.2) is 32.2 Å². The smallest absolute Gasteiger partial charge is 0.408 e. The number of hydrogen-bond donors (Lipinski definition) is 5. The topological polar surface area (TPSA) is 168 Å². The Morgan fingerprint density at radius 2 is 1.81 bits per heavy atom. The number of amidine groups is 1. The standard InChI is InChI=1S/C24H23N9O4/c1-13(15-4-6-16(7-5-15)21-29-31-32-30-21)28-23(35)18-10-17(26-12-27-18)22(34)25-11-14-3-8-20-19(9-14)33(2)24(36)37-20/h3-10,12-13,31-32H,11H2,1-2H3,(H,25,34)(H,28,35)(H,29,30)/t13-/m0/s1. The van der Waals surface area contributed by atoms with Gasteiger partial charge in [0.2, 0.25) is 0 Å². The summed E-state index contributed by atoms with van der Waals surface area (Å²) in [5, 5.41) is 9.70. The second-order valence-corrected chi connectivity index (χ2v) is 8.34. The summed E-state index contributed by atoms with van der Waals surface area (Å²) >= 11 is 0. The summed E-state index contributed by atoms with van der Waals surface area (Å²) in [6.45, 7) is 2.05. The molecule has 37 heavy (non-hydrogen) atoms. The van der Waals surface area contributed by atoms with E-state index in [0.29, 0.717) is 16.9 Å². The van der Waals surface area contributed by atoms with Crippen molar-refractivity contribution >= 4 is 28.7 Å². The van der Waals surface area contributed by atoms with Crippen LogP contribution in [0.1, 0.15) is 50.6 Å². The Labute approximate surface area is 209 Å². The predicted molar refractivity (Wildman–Crippen MR) is 133 cm³/mol. The highest BCUT2D eigenvalue weighted by atomic mass is 16.4. The molecule has 1 aliphatic heterocycles. The Hall–Kier alpha value is -5.04. The van der Waals surface area contributed by atoms with Gasteiger partial charge < -0.3 is 15.1 Å². The minimum atomic E-state index is -0.464. The highest BCUT2D eigenvalue weighted by molar-refractivity contribution is 5.99. The molecule has 0 spiro atoms. The van der Waals surface area contributed by atoms with Crippen molar-refractivity contribution in [3.8, 4) is 0 Å². The van der Waals surface area contributed by atoms with Crippen molar-refractivity contribution in [2.24, 2.45) is 12.1 Å². The molecule has 13 nitrogen and oxygen atoms in total. The van der Waals surface area contributed by atoms with Gasteiger partial charge in [-0.15, -0.1) is 10.6 Å². The van der Waals surface area contributed by atoms with Crippen LogP contribution in [0.4, 0.5) is 0 Å². The minimum absolute atomic E-state index is 0.0565. The van der Waals surface area contributed by atoms with Gasteiger partial charge in [-0.2, -0.15) is 0 Å². The molecule has 4 aromatic rings. The predicted octanol–water partition coefficient (Wildman–Crippen LogP) is 0.617. The molecule has 0 aliphatic carbocycles. The SMILES string of the molecule is C[C@H](NC(=O)c1cc(C(=O)NCc2ccc3oc(=O)n(C)c3c2)ncn1)c1ccc(C2=NNNN2)cc1. The normalized spacial score (nSPS) is 13.4. The Bertz CT molecular complexity index is 1570. The number of amides is 2. The summed E-state index contributed by atoms with van der Waals surface area (Å²) in [6.07, 6.45) is 1.17. The summed E-state index contributed by atoms with van der Waals surface area (Å²) in [6, 6.07) is 13.8. The van der Waals surface area contributed by atoms with E-state index in [4.69, 9.17) is 4.42 Å². The van der Waals surface area contributed by atoms with Crippen molar-refractivity contribution in [2.75, 3.05) is 0 Å². The summed E-state index contributed by atoms with van der Waals surface area (Å²) < 4.78 is 6.51. The Balaban J connectivity index is 1.21. The number of nitrogens with one attached hydrogen (secondary N) is 5. The lowest BCUT2D eigenvalue weighted by molar-refractivity contribution is 0.0934. The van der Waals surface area contributed by atoms with Crippen molar-refractivity contribution in [2.45, 2.75) is 19.5 Å². The van der Waals surface area contributed by atoms with Crippen LogP contribution in [0.3, 0.4) is 0 Å². The van der Waals surface area contributed by atoms with E-state index in [0.717, 1.165) is 16.7 Å². The number of benzene rings is 2. The van der Waals surface area contributed by atoms with Crippen LogP contribution in [0.2, 0.25) is 0 Å². The van der Waals surface area contributed by atoms with E-state index in [9.17, 15) is 14.4 Å². The first-order valence-electron chi connectivity index (χ1n) is 11.3. The molecule has 0 fully saturated rings. The molecule has 2 aromatic heterocycles. The lowest BCUT2D eigenvalue weighted by atomic mass is 10.1. The minimum Gasteiger partial charge on any atom is -0.408 e. The molecular weight excluding hydrogens is 478 g/mol. The maximum atomic E-state index is 12.8. The van der Waals surface area contributed by atoms with Gasteiger partial charge in [-0.3, -0.25) is 19.6 Å². The summed E-state index contributed by atoms with van der Waals surface area (Å²) in [7, 11) is 1.61. The highest BCUT2D eigenvalue weighted by Gasteiger charge is 2.17. The van der Waals surface area contributed by atoms with Gasteiger partial charge >= 0.3 is 5.76 Å². The fraction of sp³-hybridized carbons (Fsp3) is 0.167. The lowest BCUT2D eigenvalue weighted by Gasteiger charge is -2.15. The summed E-state index contributed by atoms with van der Waals surface area (Å²) in [4.78, 5) is 45.2. The molecule has 5 rings (SSSR count). The van der Waals surface area contributed by atoms with Crippen LogP contribution in [0.25, 0.3) is 11.1 Å². The summed E-state index contributed by atoms with van der Waals surface area (Å²) in [5.74, 6) is -0.702. The number of hydrogen-bond acceptors (Lipinski definition) is 10. The zero-order valence-electron chi connectivity index (χ0n) is 19.9. The van der Waals surface area contributed by atoms with Crippen LogP contribution in [0.15, 0.2) is 69.2 Å². The van der Waals surface area contributed by atoms with Crippen LogP contribution in [0, 0.1) is 0 Å². The van der Waals surface area contributed by atoms with Gasteiger partial charge in [-0.1, -0.05) is 30.3 Å². The highest BCUT2D eigenvalue weighted by Crippen LogP contribution is 2.16. The van der Waals surface area contributed by atoms with Crippen LogP contribution >= 0.6 is 0 Å². The van der Waals surface area contributed by atoms with E-state index in [1.165, 1.54) is 17.0 Å². The van der Waals surface area contributed by atoms with Gasteiger partial charge in [0, 0.05) is 25.2 Å². The fourth-order valence-electron chi connectivity index (χ4n) is 3.78. The molecule has 5 N–H and O–H groups in total. The number of nitrogens with zero attached hydrogens (tertiary/aromatic N) is 4. The largest absolute Gasteiger partial charge is 0.419 e. The zero-order chi connectivity index (χ0) is 25.9. The van der Waals surface area contributed by atoms with Gasteiger partial charge in [-0.25, -0.2) is 20.3 Å². The third-order valence-corrected chi connectivity index (χ3v) is 5.88. The van der Waals surface area contributed by atoms with E-state index in [1.54, 1.807) is 25.2 Å². The Morgan fingerprint density at radius 1 is 1.05 bits per heavy atom. The number of aromatic nitrogens is 3. The van der Waals surface area contributed by atoms with Crippen molar-refractivity contribution in [3.63, 3.8) is 0 Å². The molecule has 0 radical (unpaired) electrons. The number of carbonyl (C=O) groups is 2. The molecule has 0 bridgehead atoms. The molecule has 188 valence electrons. The quantitative estimate of drug-likeness (QED) is 0.244. The Morgan fingerprint density at radius 3 is 2.54 bits per heavy atom. The second-order valence-electron chi connectivity index (χ2n) is 8.34. The van der Waals surface area contributed by atoms with Gasteiger partial charge in [0.05, 0.1) is 11.6 Å². The Kier molecular flexibility index (Phi) is 6.34. The molecule has 3 heterocycles. The average molecular weight is 502 g/mol. The molecule has 2 amide bonds. The third kappa shape index (κ3) is 5.01. The monoisotopic (exact) mass is 501 g/mol. The van der Waals surface area contributed by atoms with Crippen molar-refractivity contribution in [1.29, 1.82) is 0 Å². The number of hydrazone groups is 1. The van der Waals surface area contributed by atoms with Gasteiger partial charge in [0.15, 0.2) is 11.4 Å².